The summed E-state index contributed by atoms with van der Waals surface area (Å²) in [5, 5.41) is 4.87. The van der Waals surface area contributed by atoms with E-state index in [1.165, 1.54) is 0 Å². The van der Waals surface area contributed by atoms with Gasteiger partial charge in [-0.05, 0) is 29.3 Å². The highest BCUT2D eigenvalue weighted by atomic mass is 35.5. The summed E-state index contributed by atoms with van der Waals surface area (Å²) in [6.07, 6.45) is 3.79. The Labute approximate surface area is 156 Å². The van der Waals surface area contributed by atoms with Crippen molar-refractivity contribution >= 4 is 23.2 Å². The molecule has 0 radical (unpaired) electrons. The van der Waals surface area contributed by atoms with Crippen molar-refractivity contribution in [2.45, 2.75) is 13.2 Å². The second-order valence-corrected chi connectivity index (χ2v) is 6.72. The second-order valence-electron chi connectivity index (χ2n) is 6.31. The monoisotopic (exact) mass is 367 g/mol. The molecule has 2 heterocycles. The smallest absolute Gasteiger partial charge is 0.253 e. The van der Waals surface area contributed by atoms with Crippen molar-refractivity contribution in [1.82, 2.24) is 9.78 Å². The van der Waals surface area contributed by atoms with Gasteiger partial charge in [0.15, 0.2) is 0 Å². The van der Waals surface area contributed by atoms with Crippen molar-refractivity contribution in [2.24, 2.45) is 7.05 Å². The highest BCUT2D eigenvalue weighted by Crippen LogP contribution is 2.31. The molecule has 0 saturated carbocycles. The number of anilines is 1. The third kappa shape index (κ3) is 3.23. The number of aryl methyl sites for hydroxylation is 1. The van der Waals surface area contributed by atoms with Crippen LogP contribution in [0.4, 0.5) is 5.69 Å². The van der Waals surface area contributed by atoms with E-state index in [9.17, 15) is 4.79 Å². The number of benzene rings is 2. The predicted octanol–water partition coefficient (Wildman–Crippen LogP) is 3.80. The lowest BCUT2D eigenvalue weighted by atomic mass is 10.0. The molecule has 2 aromatic carbocycles. The van der Waals surface area contributed by atoms with Crippen LogP contribution < -0.4 is 4.90 Å². The van der Waals surface area contributed by atoms with Gasteiger partial charge in [-0.15, -0.1) is 0 Å². The summed E-state index contributed by atoms with van der Waals surface area (Å²) in [6, 6.07) is 13.6. The molecule has 5 nitrogen and oxygen atoms in total. The zero-order valence-electron chi connectivity index (χ0n) is 14.4. The molecule has 6 heteroatoms. The van der Waals surface area contributed by atoms with E-state index in [2.05, 4.69) is 11.2 Å². The number of halogens is 1. The first kappa shape index (κ1) is 16.8. The van der Waals surface area contributed by atoms with Gasteiger partial charge in [-0.3, -0.25) is 9.48 Å². The van der Waals surface area contributed by atoms with Crippen LogP contribution in [0, 0.1) is 0 Å². The molecule has 1 amide bonds. The molecule has 1 aromatic heterocycles. The number of nitrogens with zero attached hydrogens (tertiary/aromatic N) is 3. The molecule has 132 valence electrons. The SMILES string of the molecule is Cn1cc(-c2ccc3c(c2)COCC(=O)N3Cc2ccccc2Cl)cn1. The highest BCUT2D eigenvalue weighted by molar-refractivity contribution is 6.31. The summed E-state index contributed by atoms with van der Waals surface area (Å²) in [5.74, 6) is -0.0715. The van der Waals surface area contributed by atoms with E-state index >= 15 is 0 Å². The van der Waals surface area contributed by atoms with Crippen molar-refractivity contribution in [3.8, 4) is 11.1 Å². The summed E-state index contributed by atoms with van der Waals surface area (Å²) in [7, 11) is 1.89. The van der Waals surface area contributed by atoms with Gasteiger partial charge in [-0.2, -0.15) is 5.10 Å². The number of carbonyl (C=O) groups is 1. The zero-order valence-corrected chi connectivity index (χ0v) is 15.1. The fraction of sp³-hybridized carbons (Fsp3) is 0.200. The molecular weight excluding hydrogens is 350 g/mol. The zero-order chi connectivity index (χ0) is 18.1. The lowest BCUT2D eigenvalue weighted by Gasteiger charge is -2.23. The van der Waals surface area contributed by atoms with Crippen molar-refractivity contribution in [3.63, 3.8) is 0 Å². The Bertz CT molecular complexity index is 967. The minimum atomic E-state index is -0.0715. The van der Waals surface area contributed by atoms with E-state index < -0.39 is 0 Å². The lowest BCUT2D eigenvalue weighted by Crippen LogP contribution is -2.32. The summed E-state index contributed by atoms with van der Waals surface area (Å²) < 4.78 is 7.35. The van der Waals surface area contributed by atoms with Crippen LogP contribution in [0.1, 0.15) is 11.1 Å². The van der Waals surface area contributed by atoms with E-state index in [1.54, 1.807) is 9.58 Å². The van der Waals surface area contributed by atoms with Crippen molar-refractivity contribution in [3.05, 3.63) is 71.0 Å². The molecule has 0 fully saturated rings. The Hall–Kier alpha value is -2.63. The van der Waals surface area contributed by atoms with Gasteiger partial charge < -0.3 is 9.64 Å². The third-order valence-corrected chi connectivity index (χ3v) is 4.85. The number of fused-ring (bicyclic) bond motifs is 1. The minimum Gasteiger partial charge on any atom is -0.367 e. The molecule has 0 spiro atoms. The molecule has 0 aliphatic carbocycles. The van der Waals surface area contributed by atoms with E-state index in [0.717, 1.165) is 27.9 Å². The van der Waals surface area contributed by atoms with Crippen LogP contribution in [-0.4, -0.2) is 22.3 Å². The van der Waals surface area contributed by atoms with E-state index in [-0.39, 0.29) is 12.5 Å². The number of rotatable bonds is 3. The maximum atomic E-state index is 12.6. The van der Waals surface area contributed by atoms with Crippen LogP contribution in [0.15, 0.2) is 54.9 Å². The largest absolute Gasteiger partial charge is 0.367 e. The number of hydrogen-bond acceptors (Lipinski definition) is 3. The molecule has 0 atom stereocenters. The fourth-order valence-electron chi connectivity index (χ4n) is 3.15. The normalized spacial score (nSPS) is 14.2. The average molecular weight is 368 g/mol. The Balaban J connectivity index is 1.72. The minimum absolute atomic E-state index is 0.0569. The van der Waals surface area contributed by atoms with Gasteiger partial charge in [0.2, 0.25) is 0 Å². The van der Waals surface area contributed by atoms with Gasteiger partial charge in [-0.1, -0.05) is 35.9 Å². The summed E-state index contributed by atoms with van der Waals surface area (Å²) in [6.45, 7) is 0.872. The van der Waals surface area contributed by atoms with E-state index in [4.69, 9.17) is 16.3 Å². The molecular formula is C20H18ClN3O2. The van der Waals surface area contributed by atoms with Gasteiger partial charge in [0.05, 0.1) is 19.3 Å². The van der Waals surface area contributed by atoms with Crippen LogP contribution in [0.3, 0.4) is 0 Å². The lowest BCUT2D eigenvalue weighted by molar-refractivity contribution is -0.123. The highest BCUT2D eigenvalue weighted by Gasteiger charge is 2.24. The van der Waals surface area contributed by atoms with Gasteiger partial charge >= 0.3 is 0 Å². The molecule has 4 rings (SSSR count). The Morgan fingerprint density at radius 3 is 2.77 bits per heavy atom. The number of hydrogen-bond donors (Lipinski definition) is 0. The molecule has 0 bridgehead atoms. The molecule has 0 unspecified atom stereocenters. The number of amides is 1. The van der Waals surface area contributed by atoms with Crippen LogP contribution >= 0.6 is 11.6 Å². The average Bonchev–Trinajstić information content (AvgIpc) is 3.01. The molecule has 1 aliphatic rings. The van der Waals surface area contributed by atoms with E-state index in [1.807, 2.05) is 55.8 Å². The second kappa shape index (κ2) is 6.94. The number of ether oxygens (including phenoxy) is 1. The van der Waals surface area contributed by atoms with Crippen molar-refractivity contribution in [2.75, 3.05) is 11.5 Å². The summed E-state index contributed by atoms with van der Waals surface area (Å²) in [4.78, 5) is 14.3. The molecule has 1 aliphatic heterocycles. The maximum Gasteiger partial charge on any atom is 0.253 e. The summed E-state index contributed by atoms with van der Waals surface area (Å²) in [5.41, 5.74) is 4.83. The van der Waals surface area contributed by atoms with Crippen LogP contribution in [0.25, 0.3) is 11.1 Å². The van der Waals surface area contributed by atoms with Gasteiger partial charge in [-0.25, -0.2) is 0 Å². The first-order chi connectivity index (χ1) is 12.6. The predicted molar refractivity (Wildman–Crippen MR) is 101 cm³/mol. The number of carbonyl (C=O) groups excluding carboxylic acids is 1. The first-order valence-electron chi connectivity index (χ1n) is 8.35. The molecule has 3 aromatic rings. The topological polar surface area (TPSA) is 47.4 Å². The van der Waals surface area contributed by atoms with Crippen LogP contribution in [0.2, 0.25) is 5.02 Å². The standard InChI is InChI=1S/C20H18ClN3O2/c1-23-10-17(9-22-23)14-6-7-19-16(8-14)12-26-13-20(25)24(19)11-15-4-2-3-5-18(15)21/h2-10H,11-13H2,1H3. The van der Waals surface area contributed by atoms with Crippen molar-refractivity contribution in [1.29, 1.82) is 0 Å². The van der Waals surface area contributed by atoms with Crippen LogP contribution in [-0.2, 0) is 29.7 Å². The quantitative estimate of drug-likeness (QED) is 0.707. The Kier molecular flexibility index (Phi) is 4.49. The van der Waals surface area contributed by atoms with E-state index in [0.29, 0.717) is 18.2 Å². The molecule has 0 saturated heterocycles. The Morgan fingerprint density at radius 2 is 2.00 bits per heavy atom. The van der Waals surface area contributed by atoms with Gasteiger partial charge in [0.1, 0.15) is 6.61 Å². The van der Waals surface area contributed by atoms with Gasteiger partial charge in [0, 0.05) is 35.1 Å². The van der Waals surface area contributed by atoms with Gasteiger partial charge in [0.25, 0.3) is 5.91 Å². The third-order valence-electron chi connectivity index (χ3n) is 4.48. The fourth-order valence-corrected chi connectivity index (χ4v) is 3.34. The molecule has 26 heavy (non-hydrogen) atoms. The Morgan fingerprint density at radius 1 is 1.15 bits per heavy atom. The maximum absolute atomic E-state index is 12.6. The van der Waals surface area contributed by atoms with Crippen LogP contribution in [0.5, 0.6) is 0 Å². The molecule has 0 N–H and O–H groups in total. The first-order valence-corrected chi connectivity index (χ1v) is 8.73. The number of aromatic nitrogens is 2. The summed E-state index contributed by atoms with van der Waals surface area (Å²) >= 11 is 6.29. The van der Waals surface area contributed by atoms with Crippen molar-refractivity contribution < 1.29 is 9.53 Å².